The van der Waals surface area contributed by atoms with E-state index in [0.717, 1.165) is 12.1 Å². The van der Waals surface area contributed by atoms with Gasteiger partial charge >= 0.3 is 0 Å². The van der Waals surface area contributed by atoms with Crippen molar-refractivity contribution >= 4 is 0 Å². The topological polar surface area (TPSA) is 56.7 Å². The van der Waals surface area contributed by atoms with Gasteiger partial charge in [0.2, 0.25) is 0 Å². The van der Waals surface area contributed by atoms with E-state index in [1.807, 2.05) is 13.1 Å². The third kappa shape index (κ3) is 3.02. The molecule has 0 saturated carbocycles. The fourth-order valence-electron chi connectivity index (χ4n) is 1.71. The number of rotatable bonds is 4. The van der Waals surface area contributed by atoms with Crippen molar-refractivity contribution in [3.05, 3.63) is 11.9 Å². The highest BCUT2D eigenvalue weighted by Crippen LogP contribution is 2.19. The minimum Gasteiger partial charge on any atom is -0.307 e. The monoisotopic (exact) mass is 210 g/mol. The van der Waals surface area contributed by atoms with E-state index in [1.54, 1.807) is 4.68 Å². The lowest BCUT2D eigenvalue weighted by Crippen LogP contribution is -2.41. The van der Waals surface area contributed by atoms with Crippen LogP contribution in [-0.4, -0.2) is 15.0 Å². The van der Waals surface area contributed by atoms with E-state index in [2.05, 4.69) is 38.0 Å². The highest BCUT2D eigenvalue weighted by Gasteiger charge is 2.24. The molecule has 0 aliphatic rings. The third-order valence-electron chi connectivity index (χ3n) is 2.45. The van der Waals surface area contributed by atoms with Gasteiger partial charge in [0.1, 0.15) is 5.66 Å². The molecule has 0 saturated heterocycles. The smallest absolute Gasteiger partial charge is 0.109 e. The van der Waals surface area contributed by atoms with Crippen LogP contribution < -0.4 is 5.73 Å². The van der Waals surface area contributed by atoms with Crippen molar-refractivity contribution in [2.45, 2.75) is 52.6 Å². The molecule has 1 atom stereocenters. The average Bonchev–Trinajstić information content (AvgIpc) is 2.48. The Labute approximate surface area is 91.9 Å². The van der Waals surface area contributed by atoms with Gasteiger partial charge in [-0.25, -0.2) is 4.68 Å². The summed E-state index contributed by atoms with van der Waals surface area (Å²) in [6.45, 7) is 10.5. The van der Waals surface area contributed by atoms with Crippen molar-refractivity contribution in [1.29, 1.82) is 0 Å². The third-order valence-corrected chi connectivity index (χ3v) is 2.45. The maximum Gasteiger partial charge on any atom is 0.109 e. The Balaban J connectivity index is 2.85. The Bertz CT molecular complexity index is 312. The van der Waals surface area contributed by atoms with Crippen LogP contribution in [-0.2, 0) is 5.66 Å². The van der Waals surface area contributed by atoms with Gasteiger partial charge in [0.25, 0.3) is 0 Å². The Morgan fingerprint density at radius 2 is 2.00 bits per heavy atom. The van der Waals surface area contributed by atoms with Crippen molar-refractivity contribution in [1.82, 2.24) is 15.0 Å². The summed E-state index contributed by atoms with van der Waals surface area (Å²) < 4.78 is 1.78. The van der Waals surface area contributed by atoms with Crippen LogP contribution >= 0.6 is 0 Å². The zero-order valence-corrected chi connectivity index (χ0v) is 10.4. The molecule has 0 aliphatic heterocycles. The Hall–Kier alpha value is -0.900. The lowest BCUT2D eigenvalue weighted by atomic mass is 10.00. The summed E-state index contributed by atoms with van der Waals surface area (Å²) in [7, 11) is 0. The predicted octanol–water partition coefficient (Wildman–Crippen LogP) is 2.08. The first kappa shape index (κ1) is 12.2. The van der Waals surface area contributed by atoms with Crippen molar-refractivity contribution in [3.8, 4) is 0 Å². The number of nitrogens with two attached hydrogens (primary N) is 1. The van der Waals surface area contributed by atoms with Crippen LogP contribution in [0, 0.1) is 5.92 Å². The maximum atomic E-state index is 6.21. The van der Waals surface area contributed by atoms with Crippen molar-refractivity contribution < 1.29 is 0 Å². The second-order valence-electron chi connectivity index (χ2n) is 5.20. The molecule has 15 heavy (non-hydrogen) atoms. The van der Waals surface area contributed by atoms with Gasteiger partial charge in [-0.05, 0) is 25.2 Å². The second kappa shape index (κ2) is 4.31. The van der Waals surface area contributed by atoms with E-state index >= 15 is 0 Å². The van der Waals surface area contributed by atoms with Crippen LogP contribution in [0.2, 0.25) is 0 Å². The molecule has 4 heteroatoms. The van der Waals surface area contributed by atoms with Crippen LogP contribution in [0.15, 0.2) is 6.20 Å². The molecule has 0 radical (unpaired) electrons. The fraction of sp³-hybridized carbons (Fsp3) is 0.818. The van der Waals surface area contributed by atoms with E-state index in [4.69, 9.17) is 5.73 Å². The van der Waals surface area contributed by atoms with Crippen LogP contribution in [0.25, 0.3) is 0 Å². The van der Waals surface area contributed by atoms with Gasteiger partial charge in [-0.15, -0.1) is 5.10 Å². The molecule has 1 unspecified atom stereocenters. The molecule has 1 rings (SSSR count). The molecule has 1 aromatic heterocycles. The highest BCUT2D eigenvalue weighted by atomic mass is 15.5. The van der Waals surface area contributed by atoms with Crippen LogP contribution in [0.4, 0.5) is 0 Å². The number of nitrogens with zero attached hydrogens (tertiary/aromatic N) is 3. The summed E-state index contributed by atoms with van der Waals surface area (Å²) >= 11 is 0. The Morgan fingerprint density at radius 1 is 1.40 bits per heavy atom. The van der Waals surface area contributed by atoms with Gasteiger partial charge in [-0.3, -0.25) is 0 Å². The largest absolute Gasteiger partial charge is 0.307 e. The van der Waals surface area contributed by atoms with Crippen molar-refractivity contribution in [3.63, 3.8) is 0 Å². The Kier molecular flexibility index (Phi) is 3.50. The summed E-state index contributed by atoms with van der Waals surface area (Å²) in [6.07, 6.45) is 2.85. The molecule has 0 fully saturated rings. The van der Waals surface area contributed by atoms with Crippen LogP contribution in [0.5, 0.6) is 0 Å². The van der Waals surface area contributed by atoms with Gasteiger partial charge in [0, 0.05) is 0 Å². The SMILES string of the molecule is CC(C)CC(C)(N)n1cc(C(C)C)nn1. The summed E-state index contributed by atoms with van der Waals surface area (Å²) in [5, 5.41) is 8.23. The molecule has 4 nitrogen and oxygen atoms in total. The van der Waals surface area contributed by atoms with Gasteiger partial charge < -0.3 is 5.73 Å². The van der Waals surface area contributed by atoms with E-state index in [9.17, 15) is 0 Å². The summed E-state index contributed by atoms with van der Waals surface area (Å²) in [5.74, 6) is 0.945. The Morgan fingerprint density at radius 3 is 2.40 bits per heavy atom. The zero-order valence-electron chi connectivity index (χ0n) is 10.4. The standard InChI is InChI=1S/C11H22N4/c1-8(2)6-11(5,12)15-7-10(9(3)4)13-14-15/h7-9H,6,12H2,1-5H3. The molecule has 1 aromatic rings. The first-order valence-electron chi connectivity index (χ1n) is 5.54. The average molecular weight is 210 g/mol. The van der Waals surface area contributed by atoms with Gasteiger partial charge in [-0.2, -0.15) is 0 Å². The maximum absolute atomic E-state index is 6.21. The highest BCUT2D eigenvalue weighted by molar-refractivity contribution is 5.00. The number of aromatic nitrogens is 3. The second-order valence-corrected chi connectivity index (χ2v) is 5.20. The molecule has 2 N–H and O–H groups in total. The van der Waals surface area contributed by atoms with Crippen LogP contribution in [0.3, 0.4) is 0 Å². The summed E-state index contributed by atoms with van der Waals surface area (Å²) in [5.41, 5.74) is 6.77. The fourth-order valence-corrected chi connectivity index (χ4v) is 1.71. The van der Waals surface area contributed by atoms with Crippen molar-refractivity contribution in [2.24, 2.45) is 11.7 Å². The zero-order chi connectivity index (χ0) is 11.6. The molecule has 0 spiro atoms. The minimum atomic E-state index is -0.436. The minimum absolute atomic E-state index is 0.397. The predicted molar refractivity (Wildman–Crippen MR) is 61.4 cm³/mol. The first-order chi connectivity index (χ1) is 6.83. The number of hydrogen-bond donors (Lipinski definition) is 1. The summed E-state index contributed by atoms with van der Waals surface area (Å²) in [6, 6.07) is 0. The summed E-state index contributed by atoms with van der Waals surface area (Å²) in [4.78, 5) is 0. The normalized spacial score (nSPS) is 16.0. The molecule has 0 amide bonds. The molecular weight excluding hydrogens is 188 g/mol. The van der Waals surface area contributed by atoms with E-state index in [-0.39, 0.29) is 0 Å². The van der Waals surface area contributed by atoms with Gasteiger partial charge in [0.05, 0.1) is 11.9 Å². The molecule has 1 heterocycles. The lowest BCUT2D eigenvalue weighted by Gasteiger charge is -2.26. The van der Waals surface area contributed by atoms with E-state index < -0.39 is 5.66 Å². The molecule has 86 valence electrons. The molecule has 0 aromatic carbocycles. The van der Waals surface area contributed by atoms with Gasteiger partial charge in [0.15, 0.2) is 0 Å². The molecular formula is C11H22N4. The first-order valence-corrected chi connectivity index (χ1v) is 5.54. The van der Waals surface area contributed by atoms with E-state index in [0.29, 0.717) is 11.8 Å². The van der Waals surface area contributed by atoms with E-state index in [1.165, 1.54) is 0 Å². The van der Waals surface area contributed by atoms with Crippen LogP contribution in [0.1, 0.15) is 52.7 Å². The molecule has 0 bridgehead atoms. The van der Waals surface area contributed by atoms with Gasteiger partial charge in [-0.1, -0.05) is 32.9 Å². The van der Waals surface area contributed by atoms with Crippen molar-refractivity contribution in [2.75, 3.05) is 0 Å². The molecule has 0 aliphatic carbocycles. The quantitative estimate of drug-likeness (QED) is 0.827. The number of hydrogen-bond acceptors (Lipinski definition) is 3. The lowest BCUT2D eigenvalue weighted by molar-refractivity contribution is 0.236.